The number of fused-ring (bicyclic) bond motifs is 1. The molecule has 1 amide bonds. The van der Waals surface area contributed by atoms with Gasteiger partial charge in [0.15, 0.2) is 0 Å². The van der Waals surface area contributed by atoms with E-state index >= 15 is 0 Å². The third-order valence-electron chi connectivity index (χ3n) is 5.30. The molecular weight excluding hydrogens is 340 g/mol. The lowest BCUT2D eigenvalue weighted by atomic mass is 9.91. The number of likely N-dealkylation sites (tertiary alicyclic amines) is 1. The van der Waals surface area contributed by atoms with Gasteiger partial charge in [-0.3, -0.25) is 9.69 Å². The summed E-state index contributed by atoms with van der Waals surface area (Å²) in [7, 11) is 1.85. The zero-order valence-corrected chi connectivity index (χ0v) is 15.5. The summed E-state index contributed by atoms with van der Waals surface area (Å²) >= 11 is 0. The first-order valence-electron chi connectivity index (χ1n) is 9.41. The third-order valence-corrected chi connectivity index (χ3v) is 5.30. The second kappa shape index (κ2) is 7.88. The summed E-state index contributed by atoms with van der Waals surface area (Å²) in [6, 6.07) is 16.4. The van der Waals surface area contributed by atoms with Gasteiger partial charge in [-0.05, 0) is 58.9 Å². The van der Waals surface area contributed by atoms with E-state index in [1.807, 2.05) is 25.2 Å². The standard InChI is InChI=1S/C21H24N4O2/c1-24(13-16-9-10-19-20(12-16)23-27-22-19)21(26)15-25-11-5-8-18(14-25)17-6-3-2-4-7-17/h2-4,6-7,9-10,12,18H,5,8,11,13-15H2,1H3. The van der Waals surface area contributed by atoms with Crippen LogP contribution in [0.2, 0.25) is 0 Å². The first-order chi connectivity index (χ1) is 13.2. The first kappa shape index (κ1) is 17.7. The number of hydrogen-bond donors (Lipinski definition) is 0. The van der Waals surface area contributed by atoms with Crippen molar-refractivity contribution in [3.63, 3.8) is 0 Å². The second-order valence-corrected chi connectivity index (χ2v) is 7.32. The molecule has 27 heavy (non-hydrogen) atoms. The van der Waals surface area contributed by atoms with Gasteiger partial charge in [-0.25, -0.2) is 4.63 Å². The minimum Gasteiger partial charge on any atom is -0.340 e. The van der Waals surface area contributed by atoms with Gasteiger partial charge < -0.3 is 4.90 Å². The fraction of sp³-hybridized carbons (Fsp3) is 0.381. The Morgan fingerprint density at radius 1 is 1.19 bits per heavy atom. The van der Waals surface area contributed by atoms with Crippen molar-refractivity contribution in [2.75, 3.05) is 26.7 Å². The van der Waals surface area contributed by atoms with Crippen LogP contribution < -0.4 is 0 Å². The molecule has 2 heterocycles. The normalized spacial score (nSPS) is 17.9. The average molecular weight is 364 g/mol. The SMILES string of the molecule is CN(Cc1ccc2nonc2c1)C(=O)CN1CCCC(c2ccccc2)C1. The molecule has 3 aromatic rings. The van der Waals surface area contributed by atoms with Gasteiger partial charge in [0.1, 0.15) is 11.0 Å². The molecule has 1 saturated heterocycles. The molecule has 1 fully saturated rings. The number of amides is 1. The van der Waals surface area contributed by atoms with Crippen molar-refractivity contribution < 1.29 is 9.42 Å². The summed E-state index contributed by atoms with van der Waals surface area (Å²) in [6.45, 7) is 2.95. The summed E-state index contributed by atoms with van der Waals surface area (Å²) < 4.78 is 4.73. The van der Waals surface area contributed by atoms with Crippen LogP contribution in [0.5, 0.6) is 0 Å². The van der Waals surface area contributed by atoms with Crippen LogP contribution in [0.4, 0.5) is 0 Å². The highest BCUT2D eigenvalue weighted by Gasteiger charge is 2.23. The number of carbonyl (C=O) groups is 1. The molecule has 4 rings (SSSR count). The molecule has 140 valence electrons. The van der Waals surface area contributed by atoms with Crippen molar-refractivity contribution in [2.45, 2.75) is 25.3 Å². The van der Waals surface area contributed by atoms with Gasteiger partial charge in [0, 0.05) is 20.1 Å². The van der Waals surface area contributed by atoms with E-state index in [-0.39, 0.29) is 5.91 Å². The quantitative estimate of drug-likeness (QED) is 0.696. The smallest absolute Gasteiger partial charge is 0.236 e. The predicted molar refractivity (Wildman–Crippen MR) is 103 cm³/mol. The van der Waals surface area contributed by atoms with Crippen molar-refractivity contribution in [1.82, 2.24) is 20.1 Å². The lowest BCUT2D eigenvalue weighted by molar-refractivity contribution is -0.131. The summed E-state index contributed by atoms with van der Waals surface area (Å²) in [5.74, 6) is 0.655. The van der Waals surface area contributed by atoms with E-state index in [1.165, 1.54) is 12.0 Å². The molecule has 1 atom stereocenters. The van der Waals surface area contributed by atoms with Crippen LogP contribution in [-0.2, 0) is 11.3 Å². The minimum atomic E-state index is 0.141. The summed E-state index contributed by atoms with van der Waals surface area (Å²) in [5.41, 5.74) is 3.84. The van der Waals surface area contributed by atoms with Crippen molar-refractivity contribution in [2.24, 2.45) is 0 Å². The van der Waals surface area contributed by atoms with Gasteiger partial charge in [0.2, 0.25) is 5.91 Å². The summed E-state index contributed by atoms with van der Waals surface area (Å²) in [5, 5.41) is 7.67. The maximum Gasteiger partial charge on any atom is 0.236 e. The number of piperidine rings is 1. The highest BCUT2D eigenvalue weighted by molar-refractivity contribution is 5.78. The molecule has 6 nitrogen and oxygen atoms in total. The number of carbonyl (C=O) groups excluding carboxylic acids is 1. The fourth-order valence-electron chi connectivity index (χ4n) is 3.80. The van der Waals surface area contributed by atoms with Gasteiger partial charge in [0.05, 0.1) is 6.54 Å². The van der Waals surface area contributed by atoms with E-state index in [2.05, 4.69) is 45.5 Å². The molecule has 2 aromatic carbocycles. The monoisotopic (exact) mass is 364 g/mol. The van der Waals surface area contributed by atoms with E-state index in [4.69, 9.17) is 4.63 Å². The van der Waals surface area contributed by atoms with Gasteiger partial charge in [-0.15, -0.1) is 0 Å². The first-order valence-corrected chi connectivity index (χ1v) is 9.41. The van der Waals surface area contributed by atoms with Crippen LogP contribution in [0.25, 0.3) is 11.0 Å². The van der Waals surface area contributed by atoms with Crippen LogP contribution in [0.15, 0.2) is 53.2 Å². The van der Waals surface area contributed by atoms with Crippen LogP contribution in [-0.4, -0.2) is 52.7 Å². The van der Waals surface area contributed by atoms with Crippen molar-refractivity contribution in [1.29, 1.82) is 0 Å². The molecule has 1 unspecified atom stereocenters. The number of nitrogens with zero attached hydrogens (tertiary/aromatic N) is 4. The number of rotatable bonds is 5. The molecular formula is C21H24N4O2. The van der Waals surface area contributed by atoms with E-state index in [0.717, 1.165) is 36.1 Å². The highest BCUT2D eigenvalue weighted by Crippen LogP contribution is 2.26. The molecule has 0 bridgehead atoms. The maximum absolute atomic E-state index is 12.7. The largest absolute Gasteiger partial charge is 0.340 e. The second-order valence-electron chi connectivity index (χ2n) is 7.32. The Labute approximate surface area is 158 Å². The van der Waals surface area contributed by atoms with Gasteiger partial charge in [-0.1, -0.05) is 36.4 Å². The Morgan fingerprint density at radius 3 is 2.85 bits per heavy atom. The summed E-state index contributed by atoms with van der Waals surface area (Å²) in [6.07, 6.45) is 2.32. The van der Waals surface area contributed by atoms with Crippen LogP contribution >= 0.6 is 0 Å². The minimum absolute atomic E-state index is 0.141. The van der Waals surface area contributed by atoms with Crippen molar-refractivity contribution in [3.05, 3.63) is 59.7 Å². The Kier molecular flexibility index (Phi) is 5.16. The number of hydrogen-bond acceptors (Lipinski definition) is 5. The van der Waals surface area contributed by atoms with Crippen LogP contribution in [0.1, 0.15) is 29.9 Å². The Balaban J connectivity index is 1.34. The number of likely N-dealkylation sites (N-methyl/N-ethyl adjacent to an activating group) is 1. The van der Waals surface area contributed by atoms with Crippen molar-refractivity contribution >= 4 is 16.9 Å². The van der Waals surface area contributed by atoms with E-state index in [1.54, 1.807) is 4.90 Å². The molecule has 1 aliphatic rings. The summed E-state index contributed by atoms with van der Waals surface area (Å²) in [4.78, 5) is 16.8. The Bertz CT molecular complexity index is 909. The van der Waals surface area contributed by atoms with E-state index < -0.39 is 0 Å². The van der Waals surface area contributed by atoms with E-state index in [9.17, 15) is 4.79 Å². The van der Waals surface area contributed by atoms with Gasteiger partial charge in [0.25, 0.3) is 0 Å². The predicted octanol–water partition coefficient (Wildman–Crippen LogP) is 3.06. The van der Waals surface area contributed by atoms with Crippen LogP contribution in [0, 0.1) is 0 Å². The molecule has 0 aliphatic carbocycles. The zero-order chi connectivity index (χ0) is 18.6. The topological polar surface area (TPSA) is 62.5 Å². The molecule has 1 aliphatic heterocycles. The Morgan fingerprint density at radius 2 is 2.00 bits per heavy atom. The van der Waals surface area contributed by atoms with Crippen molar-refractivity contribution in [3.8, 4) is 0 Å². The zero-order valence-electron chi connectivity index (χ0n) is 15.5. The number of aromatic nitrogens is 2. The molecule has 1 aromatic heterocycles. The number of benzene rings is 2. The molecule has 0 saturated carbocycles. The molecule has 0 spiro atoms. The third kappa shape index (κ3) is 4.17. The highest BCUT2D eigenvalue weighted by atomic mass is 16.6. The van der Waals surface area contributed by atoms with E-state index in [0.29, 0.717) is 19.0 Å². The van der Waals surface area contributed by atoms with Crippen LogP contribution in [0.3, 0.4) is 0 Å². The molecule has 0 N–H and O–H groups in total. The average Bonchev–Trinajstić information content (AvgIpc) is 3.16. The molecule has 6 heteroatoms. The molecule has 0 radical (unpaired) electrons. The lowest BCUT2D eigenvalue weighted by Crippen LogP contribution is -2.42. The van der Waals surface area contributed by atoms with Gasteiger partial charge >= 0.3 is 0 Å². The maximum atomic E-state index is 12.7. The fourth-order valence-corrected chi connectivity index (χ4v) is 3.80. The lowest BCUT2D eigenvalue weighted by Gasteiger charge is -2.33. The Hall–Kier alpha value is -2.73. The van der Waals surface area contributed by atoms with Gasteiger partial charge in [-0.2, -0.15) is 0 Å².